The number of nitrogens with zero attached hydrogens (tertiary/aromatic N) is 4. The quantitative estimate of drug-likeness (QED) is 0.746. The molecule has 102 valence electrons. The van der Waals surface area contributed by atoms with E-state index >= 15 is 0 Å². The van der Waals surface area contributed by atoms with Crippen LogP contribution in [0.2, 0.25) is 0 Å². The Bertz CT molecular complexity index is 494. The molecule has 0 bridgehead atoms. The van der Waals surface area contributed by atoms with Crippen LogP contribution in [0.15, 0.2) is 24.9 Å². The third-order valence-corrected chi connectivity index (χ3v) is 2.75. The summed E-state index contributed by atoms with van der Waals surface area (Å²) in [4.78, 5) is 12.8. The third-order valence-electron chi connectivity index (χ3n) is 2.75. The number of methoxy groups -OCH3 is 1. The number of hydrogen-bond donors (Lipinski definition) is 1. The standard InChI is InChI=1S/C13H19N5O/c1-11-5-17-12(6-16-11)9-18-10-15-8-13(18)7-14-3-4-19-2/h5-6,8,10,14H,3-4,7,9H2,1-2H3. The maximum Gasteiger partial charge on any atom is 0.0952 e. The molecule has 2 rings (SSSR count). The Morgan fingerprint density at radius 3 is 2.89 bits per heavy atom. The van der Waals surface area contributed by atoms with E-state index in [-0.39, 0.29) is 0 Å². The van der Waals surface area contributed by atoms with Gasteiger partial charge in [-0.05, 0) is 6.92 Å². The second kappa shape index (κ2) is 6.96. The third kappa shape index (κ3) is 4.11. The van der Waals surface area contributed by atoms with Crippen LogP contribution in [0.5, 0.6) is 0 Å². The van der Waals surface area contributed by atoms with Gasteiger partial charge in [0.15, 0.2) is 0 Å². The zero-order chi connectivity index (χ0) is 13.5. The minimum absolute atomic E-state index is 0.689. The van der Waals surface area contributed by atoms with Crippen LogP contribution in [-0.4, -0.2) is 39.8 Å². The summed E-state index contributed by atoms with van der Waals surface area (Å²) in [5.41, 5.74) is 2.98. The lowest BCUT2D eigenvalue weighted by Gasteiger charge is -2.08. The Labute approximate surface area is 112 Å². The second-order valence-corrected chi connectivity index (χ2v) is 4.33. The van der Waals surface area contributed by atoms with E-state index in [2.05, 4.69) is 24.8 Å². The fourth-order valence-corrected chi connectivity index (χ4v) is 1.70. The van der Waals surface area contributed by atoms with Crippen molar-refractivity contribution in [2.45, 2.75) is 20.0 Å². The normalized spacial score (nSPS) is 10.8. The molecule has 0 aliphatic carbocycles. The van der Waals surface area contributed by atoms with Gasteiger partial charge in [0.1, 0.15) is 0 Å². The first kappa shape index (κ1) is 13.6. The van der Waals surface area contributed by atoms with Crippen LogP contribution in [0.4, 0.5) is 0 Å². The van der Waals surface area contributed by atoms with Crippen LogP contribution < -0.4 is 5.32 Å². The number of nitrogens with one attached hydrogen (secondary N) is 1. The summed E-state index contributed by atoms with van der Waals surface area (Å²) < 4.78 is 7.06. The monoisotopic (exact) mass is 261 g/mol. The van der Waals surface area contributed by atoms with Gasteiger partial charge in [-0.2, -0.15) is 0 Å². The van der Waals surface area contributed by atoms with Crippen molar-refractivity contribution in [3.05, 3.63) is 42.0 Å². The van der Waals surface area contributed by atoms with Crippen molar-refractivity contribution in [2.75, 3.05) is 20.3 Å². The highest BCUT2D eigenvalue weighted by Crippen LogP contribution is 2.03. The van der Waals surface area contributed by atoms with Crippen LogP contribution >= 0.6 is 0 Å². The summed E-state index contributed by atoms with van der Waals surface area (Å²) in [6.45, 7) is 4.92. The predicted octanol–water partition coefficient (Wildman–Crippen LogP) is 0.766. The van der Waals surface area contributed by atoms with Crippen molar-refractivity contribution in [1.82, 2.24) is 24.8 Å². The van der Waals surface area contributed by atoms with E-state index in [0.717, 1.165) is 30.2 Å². The highest BCUT2D eigenvalue weighted by atomic mass is 16.5. The molecule has 1 N–H and O–H groups in total. The van der Waals surface area contributed by atoms with Gasteiger partial charge < -0.3 is 14.6 Å². The molecular formula is C13H19N5O. The van der Waals surface area contributed by atoms with E-state index in [9.17, 15) is 0 Å². The Morgan fingerprint density at radius 2 is 2.16 bits per heavy atom. The summed E-state index contributed by atoms with van der Waals surface area (Å²) in [6, 6.07) is 0. The van der Waals surface area contributed by atoms with E-state index in [4.69, 9.17) is 4.74 Å². The topological polar surface area (TPSA) is 64.9 Å². The van der Waals surface area contributed by atoms with E-state index in [1.165, 1.54) is 0 Å². The lowest BCUT2D eigenvalue weighted by molar-refractivity contribution is 0.199. The van der Waals surface area contributed by atoms with Gasteiger partial charge in [-0.15, -0.1) is 0 Å². The summed E-state index contributed by atoms with van der Waals surface area (Å²) in [6.07, 6.45) is 7.26. The number of aryl methyl sites for hydroxylation is 1. The van der Waals surface area contributed by atoms with E-state index in [1.54, 1.807) is 19.5 Å². The molecule has 0 aromatic carbocycles. The summed E-state index contributed by atoms with van der Waals surface area (Å²) in [5, 5.41) is 3.30. The van der Waals surface area contributed by atoms with Gasteiger partial charge >= 0.3 is 0 Å². The highest BCUT2D eigenvalue weighted by Gasteiger charge is 2.03. The molecule has 19 heavy (non-hydrogen) atoms. The van der Waals surface area contributed by atoms with Gasteiger partial charge in [0.05, 0.1) is 42.8 Å². The predicted molar refractivity (Wildman–Crippen MR) is 71.7 cm³/mol. The van der Waals surface area contributed by atoms with Crippen molar-refractivity contribution in [1.29, 1.82) is 0 Å². The summed E-state index contributed by atoms with van der Waals surface area (Å²) in [7, 11) is 1.70. The average molecular weight is 261 g/mol. The van der Waals surface area contributed by atoms with Gasteiger partial charge in [0.25, 0.3) is 0 Å². The highest BCUT2D eigenvalue weighted by molar-refractivity contribution is 5.05. The van der Waals surface area contributed by atoms with Gasteiger partial charge in [-0.3, -0.25) is 9.97 Å². The van der Waals surface area contributed by atoms with E-state index in [0.29, 0.717) is 13.2 Å². The van der Waals surface area contributed by atoms with Crippen molar-refractivity contribution in [2.24, 2.45) is 0 Å². The van der Waals surface area contributed by atoms with Crippen molar-refractivity contribution < 1.29 is 4.74 Å². The van der Waals surface area contributed by atoms with Crippen molar-refractivity contribution >= 4 is 0 Å². The number of imidazole rings is 1. The number of aromatic nitrogens is 4. The molecule has 0 fully saturated rings. The molecule has 0 amide bonds. The van der Waals surface area contributed by atoms with E-state index in [1.807, 2.05) is 19.4 Å². The Kier molecular flexibility index (Phi) is 5.00. The molecule has 0 spiro atoms. The zero-order valence-electron chi connectivity index (χ0n) is 11.3. The van der Waals surface area contributed by atoms with Crippen LogP contribution in [0.1, 0.15) is 17.1 Å². The molecule has 2 aromatic rings. The van der Waals surface area contributed by atoms with Crippen LogP contribution in [-0.2, 0) is 17.8 Å². The van der Waals surface area contributed by atoms with Crippen molar-refractivity contribution in [3.8, 4) is 0 Å². The zero-order valence-corrected chi connectivity index (χ0v) is 11.3. The molecule has 2 aromatic heterocycles. The maximum absolute atomic E-state index is 5.00. The van der Waals surface area contributed by atoms with Crippen LogP contribution in [0.3, 0.4) is 0 Å². The lowest BCUT2D eigenvalue weighted by Crippen LogP contribution is -2.20. The lowest BCUT2D eigenvalue weighted by atomic mass is 10.4. The molecule has 6 heteroatoms. The molecule has 0 unspecified atom stereocenters. The number of ether oxygens (including phenoxy) is 1. The summed E-state index contributed by atoms with van der Waals surface area (Å²) >= 11 is 0. The number of rotatable bonds is 7. The molecule has 0 aliphatic rings. The van der Waals surface area contributed by atoms with Crippen LogP contribution in [0.25, 0.3) is 0 Å². The number of hydrogen-bond acceptors (Lipinski definition) is 5. The molecule has 0 atom stereocenters. The molecule has 6 nitrogen and oxygen atoms in total. The second-order valence-electron chi connectivity index (χ2n) is 4.33. The molecular weight excluding hydrogens is 242 g/mol. The van der Waals surface area contributed by atoms with Crippen molar-refractivity contribution in [3.63, 3.8) is 0 Å². The minimum atomic E-state index is 0.689. The fraction of sp³-hybridized carbons (Fsp3) is 0.462. The van der Waals surface area contributed by atoms with Gasteiger partial charge in [0.2, 0.25) is 0 Å². The largest absolute Gasteiger partial charge is 0.383 e. The first-order chi connectivity index (χ1) is 9.29. The first-order valence-electron chi connectivity index (χ1n) is 6.26. The molecule has 2 heterocycles. The summed E-state index contributed by atoms with van der Waals surface area (Å²) in [5.74, 6) is 0. The molecule has 0 saturated heterocycles. The van der Waals surface area contributed by atoms with Crippen LogP contribution in [0, 0.1) is 6.92 Å². The Morgan fingerprint density at radius 1 is 1.26 bits per heavy atom. The Balaban J connectivity index is 1.93. The van der Waals surface area contributed by atoms with Gasteiger partial charge in [-0.1, -0.05) is 0 Å². The van der Waals surface area contributed by atoms with Gasteiger partial charge in [-0.25, -0.2) is 4.98 Å². The smallest absolute Gasteiger partial charge is 0.0952 e. The average Bonchev–Trinajstić information content (AvgIpc) is 2.85. The minimum Gasteiger partial charge on any atom is -0.383 e. The van der Waals surface area contributed by atoms with Gasteiger partial charge in [0, 0.05) is 32.6 Å². The maximum atomic E-state index is 5.00. The van der Waals surface area contributed by atoms with E-state index < -0.39 is 0 Å². The molecule has 0 aliphatic heterocycles. The SMILES string of the molecule is COCCNCc1cncn1Cc1cnc(C)cn1. The molecule has 0 radical (unpaired) electrons. The Hall–Kier alpha value is -1.79. The first-order valence-corrected chi connectivity index (χ1v) is 6.26. The molecule has 0 saturated carbocycles. The fourth-order valence-electron chi connectivity index (χ4n) is 1.70.